The van der Waals surface area contributed by atoms with Crippen LogP contribution in [0.15, 0.2) is 47.5 Å². The molecule has 1 aliphatic heterocycles. The van der Waals surface area contributed by atoms with E-state index in [0.717, 1.165) is 34.8 Å². The summed E-state index contributed by atoms with van der Waals surface area (Å²) in [5, 5.41) is 38.8. The molecule has 1 aromatic heterocycles. The van der Waals surface area contributed by atoms with Crippen LogP contribution in [0.1, 0.15) is 6.04 Å². The zero-order chi connectivity index (χ0) is 26.2. The van der Waals surface area contributed by atoms with Crippen LogP contribution < -0.4 is 4.74 Å². The number of nitrogens with zero attached hydrogens (tertiary/aromatic N) is 3. The molecular weight excluding hydrogens is 520 g/mol. The van der Waals surface area contributed by atoms with Crippen LogP contribution in [0.4, 0.5) is 26.3 Å². The highest BCUT2D eigenvalue weighted by Gasteiger charge is 2.46. The Morgan fingerprint density at radius 2 is 1.67 bits per heavy atom. The van der Waals surface area contributed by atoms with Gasteiger partial charge in [-0.05, 0) is 36.4 Å². The first-order valence-electron chi connectivity index (χ1n) is 10.2. The lowest BCUT2D eigenvalue weighted by Crippen LogP contribution is -2.55. The second kappa shape index (κ2) is 10.3. The molecule has 0 aliphatic carbocycles. The topological polar surface area (TPSA) is 110 Å². The molecule has 0 saturated carbocycles. The van der Waals surface area contributed by atoms with Crippen LogP contribution in [0.5, 0.6) is 5.75 Å². The van der Waals surface area contributed by atoms with Crippen LogP contribution in [0, 0.1) is 17.5 Å². The van der Waals surface area contributed by atoms with Crippen molar-refractivity contribution in [3.8, 4) is 17.0 Å². The molecular formula is C21H17F6N3O5S. The van der Waals surface area contributed by atoms with E-state index >= 15 is 0 Å². The number of hydrogen-bond acceptors (Lipinski definition) is 8. The fourth-order valence-corrected chi connectivity index (χ4v) is 4.65. The average Bonchev–Trinajstić information content (AvgIpc) is 3.29. The van der Waals surface area contributed by atoms with Gasteiger partial charge in [0.15, 0.2) is 17.5 Å². The van der Waals surface area contributed by atoms with E-state index in [9.17, 15) is 41.7 Å². The van der Waals surface area contributed by atoms with Crippen LogP contribution >= 0.6 is 11.8 Å². The largest absolute Gasteiger partial charge is 0.573 e. The molecule has 0 spiro atoms. The van der Waals surface area contributed by atoms with Gasteiger partial charge in [0.25, 0.3) is 0 Å². The molecule has 2 unspecified atom stereocenters. The molecule has 0 radical (unpaired) electrons. The van der Waals surface area contributed by atoms with E-state index in [2.05, 4.69) is 15.0 Å². The molecule has 194 valence electrons. The molecule has 4 rings (SSSR count). The van der Waals surface area contributed by atoms with E-state index in [0.29, 0.717) is 17.0 Å². The summed E-state index contributed by atoms with van der Waals surface area (Å²) >= 11 is 0.894. The molecule has 0 bridgehead atoms. The Labute approximate surface area is 203 Å². The second-order valence-electron chi connectivity index (χ2n) is 7.67. The maximum atomic E-state index is 13.6. The van der Waals surface area contributed by atoms with Crippen molar-refractivity contribution in [2.75, 3.05) is 6.61 Å². The molecule has 0 amide bonds. The van der Waals surface area contributed by atoms with E-state index in [1.807, 2.05) is 0 Å². The van der Waals surface area contributed by atoms with Crippen molar-refractivity contribution in [2.24, 2.45) is 0 Å². The SMILES string of the molecule is OCC1O[C@H](Sc2ccc(OC(F)(F)F)cc2)C(O)[C@@H](n2cc(-c3cc(F)c(F)c(F)c3)nn2)[C@H]1O. The molecule has 36 heavy (non-hydrogen) atoms. The number of benzene rings is 2. The lowest BCUT2D eigenvalue weighted by Gasteiger charge is -2.41. The van der Waals surface area contributed by atoms with Gasteiger partial charge in [0.1, 0.15) is 41.2 Å². The summed E-state index contributed by atoms with van der Waals surface area (Å²) in [7, 11) is 0. The number of aromatic nitrogens is 3. The van der Waals surface area contributed by atoms with Gasteiger partial charge in [0.2, 0.25) is 0 Å². The van der Waals surface area contributed by atoms with Gasteiger partial charge in [0.05, 0.1) is 12.8 Å². The van der Waals surface area contributed by atoms with Crippen molar-refractivity contribution in [3.63, 3.8) is 0 Å². The molecule has 8 nitrogen and oxygen atoms in total. The van der Waals surface area contributed by atoms with Gasteiger partial charge in [-0.1, -0.05) is 17.0 Å². The van der Waals surface area contributed by atoms with E-state index in [1.165, 1.54) is 12.1 Å². The number of thioether (sulfide) groups is 1. The maximum absolute atomic E-state index is 13.6. The third-order valence-electron chi connectivity index (χ3n) is 5.25. The minimum absolute atomic E-state index is 0.0938. The normalized spacial score (nSPS) is 24.6. The third kappa shape index (κ3) is 5.59. The molecule has 5 atom stereocenters. The minimum Gasteiger partial charge on any atom is -0.406 e. The first-order valence-corrected chi connectivity index (χ1v) is 11.1. The Hall–Kier alpha value is -2.85. The summed E-state index contributed by atoms with van der Waals surface area (Å²) in [5.41, 5.74) is -1.37. The summed E-state index contributed by atoms with van der Waals surface area (Å²) in [5.74, 6) is -5.02. The Balaban J connectivity index is 1.57. The Kier molecular flexibility index (Phi) is 7.47. The lowest BCUT2D eigenvalue weighted by molar-refractivity contribution is -0.274. The van der Waals surface area contributed by atoms with E-state index in [4.69, 9.17) is 4.74 Å². The number of rotatable bonds is 6. The van der Waals surface area contributed by atoms with Crippen molar-refractivity contribution in [1.82, 2.24) is 15.0 Å². The molecule has 1 aliphatic rings. The molecule has 3 aromatic rings. The summed E-state index contributed by atoms with van der Waals surface area (Å²) in [6.45, 7) is -0.657. The zero-order valence-corrected chi connectivity index (χ0v) is 18.6. The molecule has 3 N–H and O–H groups in total. The van der Waals surface area contributed by atoms with E-state index in [-0.39, 0.29) is 11.3 Å². The smallest absolute Gasteiger partial charge is 0.406 e. The van der Waals surface area contributed by atoms with Crippen molar-refractivity contribution < 1.29 is 51.1 Å². The van der Waals surface area contributed by atoms with Crippen molar-refractivity contribution >= 4 is 11.8 Å². The minimum atomic E-state index is -4.86. The number of ether oxygens (including phenoxy) is 2. The Bertz CT molecular complexity index is 1190. The molecule has 15 heteroatoms. The zero-order valence-electron chi connectivity index (χ0n) is 17.8. The highest BCUT2D eigenvalue weighted by molar-refractivity contribution is 7.99. The quantitative estimate of drug-likeness (QED) is 0.325. The number of alkyl halides is 3. The number of aliphatic hydroxyl groups excluding tert-OH is 3. The first kappa shape index (κ1) is 26.2. The predicted octanol–water partition coefficient (Wildman–Crippen LogP) is 3.03. The number of hydrogen-bond donors (Lipinski definition) is 3. The van der Waals surface area contributed by atoms with Gasteiger partial charge in [-0.25, -0.2) is 17.9 Å². The van der Waals surface area contributed by atoms with Crippen LogP contribution in [0.2, 0.25) is 0 Å². The van der Waals surface area contributed by atoms with Crippen LogP contribution in [0.3, 0.4) is 0 Å². The Morgan fingerprint density at radius 3 is 2.25 bits per heavy atom. The summed E-state index contributed by atoms with van der Waals surface area (Å²) in [4.78, 5) is 0.372. The van der Waals surface area contributed by atoms with Gasteiger partial charge >= 0.3 is 6.36 Å². The van der Waals surface area contributed by atoms with E-state index in [1.54, 1.807) is 0 Å². The van der Waals surface area contributed by atoms with E-state index < -0.39 is 66.0 Å². The standard InChI is InChI=1S/C21H17F6N3O5S/c22-12-5-9(6-13(23)16(12)24)14-7-30(29-28-14)17-18(32)15(8-31)34-20(19(17)33)36-11-3-1-10(2-4-11)35-21(25,26)27/h1-7,15,17-20,31-33H,8H2/t15?,17-,18-,19?,20+/m0/s1. The van der Waals surface area contributed by atoms with Gasteiger partial charge in [-0.3, -0.25) is 0 Å². The number of aliphatic hydroxyl groups is 3. The lowest BCUT2D eigenvalue weighted by atomic mass is 9.97. The van der Waals surface area contributed by atoms with Crippen molar-refractivity contribution in [2.45, 2.75) is 41.0 Å². The van der Waals surface area contributed by atoms with Crippen molar-refractivity contribution in [3.05, 3.63) is 60.0 Å². The molecule has 2 heterocycles. The second-order valence-corrected chi connectivity index (χ2v) is 8.84. The van der Waals surface area contributed by atoms with Gasteiger partial charge in [-0.2, -0.15) is 0 Å². The first-order chi connectivity index (χ1) is 17.0. The summed E-state index contributed by atoms with van der Waals surface area (Å²) in [6.07, 6.45) is -7.89. The predicted molar refractivity (Wildman–Crippen MR) is 111 cm³/mol. The highest BCUT2D eigenvalue weighted by atomic mass is 32.2. The number of halogens is 6. The monoisotopic (exact) mass is 537 g/mol. The molecule has 1 fully saturated rings. The fourth-order valence-electron chi connectivity index (χ4n) is 3.59. The van der Waals surface area contributed by atoms with Crippen LogP contribution in [0.25, 0.3) is 11.3 Å². The van der Waals surface area contributed by atoms with Gasteiger partial charge < -0.3 is 24.8 Å². The summed E-state index contributed by atoms with van der Waals surface area (Å²) in [6, 6.07) is 4.85. The molecule has 1 saturated heterocycles. The maximum Gasteiger partial charge on any atom is 0.573 e. The Morgan fingerprint density at radius 1 is 1.03 bits per heavy atom. The third-order valence-corrected chi connectivity index (χ3v) is 6.42. The fraction of sp³-hybridized carbons (Fsp3) is 0.333. The highest BCUT2D eigenvalue weighted by Crippen LogP contribution is 2.39. The van der Waals surface area contributed by atoms with Gasteiger partial charge in [-0.15, -0.1) is 18.3 Å². The summed E-state index contributed by atoms with van der Waals surface area (Å²) < 4.78 is 88.0. The van der Waals surface area contributed by atoms with Crippen molar-refractivity contribution in [1.29, 1.82) is 0 Å². The average molecular weight is 537 g/mol. The van der Waals surface area contributed by atoms with Crippen LogP contribution in [-0.2, 0) is 4.74 Å². The molecule has 2 aromatic carbocycles. The van der Waals surface area contributed by atoms with Gasteiger partial charge in [0, 0.05) is 10.5 Å². The van der Waals surface area contributed by atoms with Crippen LogP contribution in [-0.4, -0.2) is 67.0 Å².